The van der Waals surface area contributed by atoms with Gasteiger partial charge in [0.25, 0.3) is 5.69 Å². The van der Waals surface area contributed by atoms with Crippen LogP contribution in [0, 0.1) is 10.1 Å². The highest BCUT2D eigenvalue weighted by Crippen LogP contribution is 2.32. The van der Waals surface area contributed by atoms with Crippen LogP contribution in [0.25, 0.3) is 0 Å². The number of ether oxygens (including phenoxy) is 2. The number of nitrogens with zero attached hydrogens (tertiary/aromatic N) is 3. The fourth-order valence-electron chi connectivity index (χ4n) is 2.80. The molecule has 0 fully saturated rings. The number of nitro groups is 1. The minimum Gasteiger partial charge on any atom is -0.454 e. The van der Waals surface area contributed by atoms with Crippen LogP contribution in [-0.2, 0) is 10.0 Å². The first-order valence-electron chi connectivity index (χ1n) is 8.84. The summed E-state index contributed by atoms with van der Waals surface area (Å²) in [5.41, 5.74) is 2.98. The molecule has 0 saturated carbocycles. The molecule has 0 unspecified atom stereocenters. The zero-order chi connectivity index (χ0) is 21.0. The van der Waals surface area contributed by atoms with Crippen LogP contribution in [0.3, 0.4) is 0 Å². The first-order chi connectivity index (χ1) is 13.9. The molecule has 0 radical (unpaired) electrons. The monoisotopic (exact) mass is 420 g/mol. The van der Waals surface area contributed by atoms with Crippen molar-refractivity contribution in [3.63, 3.8) is 0 Å². The fourth-order valence-corrected chi connectivity index (χ4v) is 4.28. The second-order valence-corrected chi connectivity index (χ2v) is 7.95. The van der Waals surface area contributed by atoms with Crippen molar-refractivity contribution in [3.8, 4) is 11.5 Å². The Kier molecular flexibility index (Phi) is 5.99. The summed E-state index contributed by atoms with van der Waals surface area (Å²) in [6, 6.07) is 8.89. The SMILES string of the molecule is CCN(CC)S(=O)(=O)c1ccc(NN=Cc2ccc3c(c2)OCO3)c([N+](=O)[O-])c1. The minimum atomic E-state index is -3.81. The molecule has 0 aliphatic carbocycles. The maximum Gasteiger partial charge on any atom is 0.295 e. The molecule has 0 spiro atoms. The Morgan fingerprint density at radius 1 is 1.17 bits per heavy atom. The van der Waals surface area contributed by atoms with E-state index in [4.69, 9.17) is 9.47 Å². The van der Waals surface area contributed by atoms with E-state index in [1.807, 2.05) is 0 Å². The lowest BCUT2D eigenvalue weighted by molar-refractivity contribution is -0.384. The number of nitrogens with one attached hydrogen (secondary N) is 1. The van der Waals surface area contributed by atoms with E-state index in [1.54, 1.807) is 32.0 Å². The van der Waals surface area contributed by atoms with Crippen molar-refractivity contribution in [3.05, 3.63) is 52.1 Å². The van der Waals surface area contributed by atoms with Crippen LogP contribution in [0.5, 0.6) is 11.5 Å². The molecule has 0 aromatic heterocycles. The summed E-state index contributed by atoms with van der Waals surface area (Å²) < 4.78 is 37.0. The Bertz CT molecular complexity index is 1050. The first kappa shape index (κ1) is 20.6. The molecule has 2 aromatic carbocycles. The van der Waals surface area contributed by atoms with E-state index in [0.29, 0.717) is 17.1 Å². The Hall–Kier alpha value is -3.18. The molecule has 11 heteroatoms. The molecular weight excluding hydrogens is 400 g/mol. The summed E-state index contributed by atoms with van der Waals surface area (Å²) in [6.45, 7) is 4.11. The molecule has 1 aliphatic rings. The third kappa shape index (κ3) is 4.30. The Morgan fingerprint density at radius 3 is 2.59 bits per heavy atom. The highest BCUT2D eigenvalue weighted by atomic mass is 32.2. The van der Waals surface area contributed by atoms with Gasteiger partial charge in [-0.2, -0.15) is 9.41 Å². The van der Waals surface area contributed by atoms with Crippen LogP contribution in [0.1, 0.15) is 19.4 Å². The smallest absolute Gasteiger partial charge is 0.295 e. The quantitative estimate of drug-likeness (QED) is 0.396. The number of benzene rings is 2. The van der Waals surface area contributed by atoms with Gasteiger partial charge in [0.15, 0.2) is 11.5 Å². The van der Waals surface area contributed by atoms with E-state index < -0.39 is 14.9 Å². The van der Waals surface area contributed by atoms with Crippen LogP contribution in [0.15, 0.2) is 46.4 Å². The van der Waals surface area contributed by atoms with E-state index >= 15 is 0 Å². The molecule has 0 saturated heterocycles. The Labute approximate surface area is 167 Å². The maximum atomic E-state index is 12.6. The van der Waals surface area contributed by atoms with Gasteiger partial charge in [0, 0.05) is 19.2 Å². The summed E-state index contributed by atoms with van der Waals surface area (Å²) in [5, 5.41) is 15.4. The summed E-state index contributed by atoms with van der Waals surface area (Å²) in [6.07, 6.45) is 1.46. The molecule has 3 rings (SSSR count). The predicted molar refractivity (Wildman–Crippen MR) is 107 cm³/mol. The van der Waals surface area contributed by atoms with Crippen LogP contribution in [-0.4, -0.2) is 43.7 Å². The van der Waals surface area contributed by atoms with Gasteiger partial charge in [-0.1, -0.05) is 13.8 Å². The van der Waals surface area contributed by atoms with Gasteiger partial charge in [-0.15, -0.1) is 0 Å². The van der Waals surface area contributed by atoms with E-state index in [9.17, 15) is 18.5 Å². The Balaban J connectivity index is 1.83. The summed E-state index contributed by atoms with van der Waals surface area (Å²) in [7, 11) is -3.81. The average Bonchev–Trinajstić information content (AvgIpc) is 3.16. The van der Waals surface area contributed by atoms with Gasteiger partial charge in [-0.05, 0) is 35.9 Å². The zero-order valence-electron chi connectivity index (χ0n) is 15.9. The van der Waals surface area contributed by atoms with Gasteiger partial charge in [-0.25, -0.2) is 8.42 Å². The van der Waals surface area contributed by atoms with Crippen molar-refractivity contribution in [1.82, 2.24) is 4.31 Å². The number of rotatable bonds is 8. The normalized spacial score (nSPS) is 13.2. The van der Waals surface area contributed by atoms with Crippen LogP contribution in [0.4, 0.5) is 11.4 Å². The van der Waals surface area contributed by atoms with Crippen LogP contribution < -0.4 is 14.9 Å². The lowest BCUT2D eigenvalue weighted by atomic mass is 10.2. The van der Waals surface area contributed by atoms with Crippen molar-refractivity contribution < 1.29 is 22.8 Å². The van der Waals surface area contributed by atoms with E-state index in [2.05, 4.69) is 10.5 Å². The van der Waals surface area contributed by atoms with Crippen molar-refractivity contribution in [1.29, 1.82) is 0 Å². The van der Waals surface area contributed by atoms with E-state index in [0.717, 1.165) is 6.07 Å². The predicted octanol–water partition coefficient (Wildman–Crippen LogP) is 2.80. The lowest BCUT2D eigenvalue weighted by Crippen LogP contribution is -2.30. The largest absolute Gasteiger partial charge is 0.454 e. The number of hydrogen-bond acceptors (Lipinski definition) is 8. The fraction of sp³-hybridized carbons (Fsp3) is 0.278. The Morgan fingerprint density at radius 2 is 1.90 bits per heavy atom. The number of fused-ring (bicyclic) bond motifs is 1. The van der Waals surface area contributed by atoms with Gasteiger partial charge < -0.3 is 9.47 Å². The van der Waals surface area contributed by atoms with Crippen LogP contribution >= 0.6 is 0 Å². The molecule has 154 valence electrons. The van der Waals surface area contributed by atoms with Gasteiger partial charge in [0.2, 0.25) is 16.8 Å². The zero-order valence-corrected chi connectivity index (χ0v) is 16.7. The number of nitro benzene ring substituents is 1. The van der Waals surface area contributed by atoms with Gasteiger partial charge >= 0.3 is 0 Å². The summed E-state index contributed by atoms with van der Waals surface area (Å²) in [4.78, 5) is 10.7. The molecule has 0 atom stereocenters. The highest BCUT2D eigenvalue weighted by molar-refractivity contribution is 7.89. The van der Waals surface area contributed by atoms with Gasteiger partial charge in [-0.3, -0.25) is 15.5 Å². The minimum absolute atomic E-state index is 0.0745. The lowest BCUT2D eigenvalue weighted by Gasteiger charge is -2.18. The van der Waals surface area contributed by atoms with Crippen molar-refractivity contribution in [2.75, 3.05) is 25.3 Å². The number of anilines is 1. The van der Waals surface area contributed by atoms with Crippen molar-refractivity contribution in [2.24, 2.45) is 5.10 Å². The number of hydrazone groups is 1. The number of sulfonamides is 1. The molecule has 1 heterocycles. The molecular formula is C18H20N4O6S. The second kappa shape index (κ2) is 8.45. The third-order valence-electron chi connectivity index (χ3n) is 4.30. The molecule has 2 aromatic rings. The topological polar surface area (TPSA) is 123 Å². The maximum absolute atomic E-state index is 12.6. The van der Waals surface area contributed by atoms with Gasteiger partial charge in [0.1, 0.15) is 5.69 Å². The van der Waals surface area contributed by atoms with E-state index in [1.165, 1.54) is 22.7 Å². The molecule has 10 nitrogen and oxygen atoms in total. The molecule has 29 heavy (non-hydrogen) atoms. The van der Waals surface area contributed by atoms with E-state index in [-0.39, 0.29) is 36.2 Å². The first-order valence-corrected chi connectivity index (χ1v) is 10.3. The summed E-state index contributed by atoms with van der Waals surface area (Å²) in [5.74, 6) is 1.22. The number of hydrogen-bond donors (Lipinski definition) is 1. The highest BCUT2D eigenvalue weighted by Gasteiger charge is 2.25. The van der Waals surface area contributed by atoms with Crippen LogP contribution in [0.2, 0.25) is 0 Å². The summed E-state index contributed by atoms with van der Waals surface area (Å²) >= 11 is 0. The molecule has 0 amide bonds. The second-order valence-electron chi connectivity index (χ2n) is 6.01. The van der Waals surface area contributed by atoms with Crippen molar-refractivity contribution >= 4 is 27.6 Å². The molecule has 1 aliphatic heterocycles. The molecule has 0 bridgehead atoms. The average molecular weight is 420 g/mol. The van der Waals surface area contributed by atoms with Gasteiger partial charge in [0.05, 0.1) is 16.0 Å². The molecule has 1 N–H and O–H groups in total. The standard InChI is InChI=1S/C18H20N4O6S/c1-3-21(4-2)29(25,26)14-6-7-15(16(10-14)22(23)24)20-19-11-13-5-8-17-18(9-13)28-12-27-17/h5-11,20H,3-4,12H2,1-2H3. The van der Waals surface area contributed by atoms with Crippen molar-refractivity contribution in [2.45, 2.75) is 18.7 Å². The third-order valence-corrected chi connectivity index (χ3v) is 6.35.